The van der Waals surface area contributed by atoms with E-state index in [-0.39, 0.29) is 0 Å². The van der Waals surface area contributed by atoms with Crippen molar-refractivity contribution >= 4 is 6.08 Å². The first-order chi connectivity index (χ1) is 10.4. The van der Waals surface area contributed by atoms with Crippen molar-refractivity contribution in [2.45, 2.75) is 51.9 Å². The fourth-order valence-corrected chi connectivity index (χ4v) is 1.96. The summed E-state index contributed by atoms with van der Waals surface area (Å²) in [5, 5.41) is 0. The Kier molecular flexibility index (Phi) is 10.5. The number of ether oxygens (including phenoxy) is 2. The zero-order chi connectivity index (χ0) is 15.2. The number of hydrogen-bond donors (Lipinski definition) is 0. The number of allylic oxidation sites excluding steroid dienone is 1. The average Bonchev–Trinajstić information content (AvgIpc) is 2.52. The summed E-state index contributed by atoms with van der Waals surface area (Å²) in [5.74, 6) is 0.860. The fourth-order valence-electron chi connectivity index (χ4n) is 1.96. The van der Waals surface area contributed by atoms with Gasteiger partial charge in [0.05, 0.1) is 6.61 Å². The second-order valence-electron chi connectivity index (χ2n) is 5.20. The third-order valence-corrected chi connectivity index (χ3v) is 3.26. The van der Waals surface area contributed by atoms with E-state index in [0.29, 0.717) is 6.79 Å². The van der Waals surface area contributed by atoms with E-state index in [1.807, 2.05) is 12.1 Å². The molecule has 117 valence electrons. The van der Waals surface area contributed by atoms with E-state index in [0.717, 1.165) is 38.0 Å². The van der Waals surface area contributed by atoms with E-state index < -0.39 is 0 Å². The smallest absolute Gasteiger partial charge is 0.189 e. The molecule has 0 N–H and O–H groups in total. The molecule has 1 radical (unpaired) electrons. The minimum absolute atomic E-state index is 0.338. The molecule has 0 aliphatic carbocycles. The van der Waals surface area contributed by atoms with Crippen molar-refractivity contribution < 1.29 is 9.47 Å². The fraction of sp³-hybridized carbons (Fsp3) is 0.526. The highest BCUT2D eigenvalue weighted by Gasteiger charge is 1.94. The molecule has 0 saturated carbocycles. The van der Waals surface area contributed by atoms with Gasteiger partial charge in [-0.05, 0) is 37.0 Å². The van der Waals surface area contributed by atoms with Crippen molar-refractivity contribution in [3.05, 3.63) is 42.8 Å². The lowest BCUT2D eigenvalue weighted by atomic mass is 10.1. The number of benzene rings is 1. The Morgan fingerprint density at radius 1 is 1.05 bits per heavy atom. The molecule has 1 rings (SSSR count). The molecule has 0 aliphatic heterocycles. The summed E-state index contributed by atoms with van der Waals surface area (Å²) < 4.78 is 11.0. The molecule has 0 heterocycles. The first-order valence-corrected chi connectivity index (χ1v) is 8.13. The molecular formula is C19H29O2. The van der Waals surface area contributed by atoms with Gasteiger partial charge in [-0.15, -0.1) is 0 Å². The maximum atomic E-state index is 5.56. The zero-order valence-corrected chi connectivity index (χ0v) is 13.4. The van der Waals surface area contributed by atoms with E-state index in [2.05, 4.69) is 38.1 Å². The largest absolute Gasteiger partial charge is 0.468 e. The van der Waals surface area contributed by atoms with Crippen molar-refractivity contribution in [3.63, 3.8) is 0 Å². The van der Waals surface area contributed by atoms with E-state index in [1.54, 1.807) is 0 Å². The third kappa shape index (κ3) is 9.30. The van der Waals surface area contributed by atoms with Gasteiger partial charge >= 0.3 is 0 Å². The topological polar surface area (TPSA) is 18.5 Å². The Hall–Kier alpha value is -1.28. The highest BCUT2D eigenvalue weighted by atomic mass is 16.7. The first-order valence-electron chi connectivity index (χ1n) is 8.13. The Morgan fingerprint density at radius 2 is 1.86 bits per heavy atom. The average molecular weight is 289 g/mol. The van der Waals surface area contributed by atoms with Gasteiger partial charge in [-0.3, -0.25) is 0 Å². The number of rotatable bonds is 12. The maximum Gasteiger partial charge on any atom is 0.189 e. The predicted molar refractivity (Wildman–Crippen MR) is 90.3 cm³/mol. The van der Waals surface area contributed by atoms with Crippen LogP contribution in [-0.2, 0) is 4.74 Å². The lowest BCUT2D eigenvalue weighted by molar-refractivity contribution is 0.0135. The van der Waals surface area contributed by atoms with E-state index >= 15 is 0 Å². The van der Waals surface area contributed by atoms with Crippen molar-refractivity contribution in [2.24, 2.45) is 0 Å². The Bertz CT molecular complexity index is 368. The maximum absolute atomic E-state index is 5.56. The molecule has 0 spiro atoms. The molecule has 0 aliphatic rings. The summed E-state index contributed by atoms with van der Waals surface area (Å²) in [6.45, 7) is 7.17. The standard InChI is InChI=1S/C19H29O2/c1-3-5-7-9-11-18-12-14-19(15-13-18)21-17-20-16-10-8-6-4-2/h9,11-15H,1,3-8,10,16-17H2,2H3. The van der Waals surface area contributed by atoms with Crippen LogP contribution in [0.2, 0.25) is 0 Å². The van der Waals surface area contributed by atoms with Gasteiger partial charge in [0, 0.05) is 0 Å². The van der Waals surface area contributed by atoms with Crippen LogP contribution in [0, 0.1) is 6.92 Å². The summed E-state index contributed by atoms with van der Waals surface area (Å²) in [5.41, 5.74) is 1.20. The molecule has 2 nitrogen and oxygen atoms in total. The molecule has 2 heteroatoms. The van der Waals surface area contributed by atoms with Gasteiger partial charge < -0.3 is 9.47 Å². The third-order valence-electron chi connectivity index (χ3n) is 3.26. The van der Waals surface area contributed by atoms with Crippen LogP contribution < -0.4 is 4.74 Å². The first kappa shape index (κ1) is 17.8. The van der Waals surface area contributed by atoms with Gasteiger partial charge in [0.1, 0.15) is 5.75 Å². The van der Waals surface area contributed by atoms with Crippen molar-refractivity contribution in [1.29, 1.82) is 0 Å². The summed E-state index contributed by atoms with van der Waals surface area (Å²) >= 11 is 0. The summed E-state index contributed by atoms with van der Waals surface area (Å²) in [6, 6.07) is 8.11. The molecule has 0 amide bonds. The van der Waals surface area contributed by atoms with Gasteiger partial charge in [0.2, 0.25) is 0 Å². The highest BCUT2D eigenvalue weighted by Crippen LogP contribution is 2.13. The monoisotopic (exact) mass is 289 g/mol. The van der Waals surface area contributed by atoms with Crippen LogP contribution in [-0.4, -0.2) is 13.4 Å². The number of unbranched alkanes of at least 4 members (excludes halogenated alkanes) is 5. The van der Waals surface area contributed by atoms with E-state index in [9.17, 15) is 0 Å². The Morgan fingerprint density at radius 3 is 2.57 bits per heavy atom. The lowest BCUT2D eigenvalue weighted by Gasteiger charge is -2.07. The van der Waals surface area contributed by atoms with Gasteiger partial charge in [0.25, 0.3) is 0 Å². The van der Waals surface area contributed by atoms with Gasteiger partial charge in [-0.25, -0.2) is 0 Å². The second kappa shape index (κ2) is 12.5. The molecule has 0 fully saturated rings. The van der Waals surface area contributed by atoms with Crippen LogP contribution in [0.1, 0.15) is 57.4 Å². The quantitative estimate of drug-likeness (QED) is 0.366. The molecule has 21 heavy (non-hydrogen) atoms. The van der Waals surface area contributed by atoms with Gasteiger partial charge in [-0.1, -0.05) is 63.8 Å². The molecule has 0 bridgehead atoms. The molecule has 0 saturated heterocycles. The van der Waals surface area contributed by atoms with Gasteiger partial charge in [0.15, 0.2) is 6.79 Å². The zero-order valence-electron chi connectivity index (χ0n) is 13.4. The van der Waals surface area contributed by atoms with E-state index in [1.165, 1.54) is 24.8 Å². The lowest BCUT2D eigenvalue weighted by Crippen LogP contribution is -2.04. The highest BCUT2D eigenvalue weighted by molar-refractivity contribution is 5.50. The van der Waals surface area contributed by atoms with Crippen LogP contribution in [0.3, 0.4) is 0 Å². The normalized spacial score (nSPS) is 11.1. The van der Waals surface area contributed by atoms with Crippen molar-refractivity contribution in [3.8, 4) is 5.75 Å². The Labute approximate surface area is 130 Å². The second-order valence-corrected chi connectivity index (χ2v) is 5.20. The number of hydrogen-bond acceptors (Lipinski definition) is 2. The van der Waals surface area contributed by atoms with Crippen LogP contribution in [0.25, 0.3) is 6.08 Å². The molecular weight excluding hydrogens is 260 g/mol. The molecule has 0 unspecified atom stereocenters. The Balaban J connectivity index is 2.14. The molecule has 1 aromatic carbocycles. The van der Waals surface area contributed by atoms with E-state index in [4.69, 9.17) is 9.47 Å². The minimum atomic E-state index is 0.338. The summed E-state index contributed by atoms with van der Waals surface area (Å²) in [6.07, 6.45) is 12.5. The summed E-state index contributed by atoms with van der Waals surface area (Å²) in [4.78, 5) is 0. The minimum Gasteiger partial charge on any atom is -0.468 e. The van der Waals surface area contributed by atoms with Crippen molar-refractivity contribution in [1.82, 2.24) is 0 Å². The van der Waals surface area contributed by atoms with Crippen LogP contribution in [0.15, 0.2) is 30.3 Å². The molecule has 0 atom stereocenters. The van der Waals surface area contributed by atoms with Crippen LogP contribution in [0.5, 0.6) is 5.75 Å². The molecule has 1 aromatic rings. The van der Waals surface area contributed by atoms with Crippen LogP contribution in [0.4, 0.5) is 0 Å². The van der Waals surface area contributed by atoms with Crippen molar-refractivity contribution in [2.75, 3.05) is 13.4 Å². The predicted octanol–water partition coefficient (Wildman–Crippen LogP) is 5.64. The van der Waals surface area contributed by atoms with Crippen LogP contribution >= 0.6 is 0 Å². The van der Waals surface area contributed by atoms with Gasteiger partial charge in [-0.2, -0.15) is 0 Å². The molecule has 0 aromatic heterocycles. The SMILES string of the molecule is [CH2]CCCC=Cc1ccc(OCOCCCCCC)cc1. The summed E-state index contributed by atoms with van der Waals surface area (Å²) in [7, 11) is 0.